The zero-order valence-electron chi connectivity index (χ0n) is 19.9. The number of anilines is 1. The van der Waals surface area contributed by atoms with Crippen molar-refractivity contribution in [2.75, 3.05) is 5.32 Å². The van der Waals surface area contributed by atoms with E-state index in [1.165, 1.54) is 49.4 Å². The normalized spacial score (nSPS) is 10.6. The second-order valence-corrected chi connectivity index (χ2v) is 10.9. The Balaban J connectivity index is 0.00000507. The van der Waals surface area contributed by atoms with Gasteiger partial charge in [0.2, 0.25) is 11.8 Å². The molecule has 0 fully saturated rings. The van der Waals surface area contributed by atoms with Crippen LogP contribution in [0.25, 0.3) is 0 Å². The van der Waals surface area contributed by atoms with Crippen LogP contribution in [0.2, 0.25) is 10.0 Å². The molecule has 0 unspecified atom stereocenters. The predicted molar refractivity (Wildman–Crippen MR) is 140 cm³/mol. The van der Waals surface area contributed by atoms with Crippen LogP contribution in [0.3, 0.4) is 0 Å². The summed E-state index contributed by atoms with van der Waals surface area (Å²) in [7, 11) is -4.13. The molecule has 2 N–H and O–H groups in total. The van der Waals surface area contributed by atoms with Gasteiger partial charge >= 0.3 is 29.6 Å². The van der Waals surface area contributed by atoms with Gasteiger partial charge < -0.3 is 10.1 Å². The summed E-state index contributed by atoms with van der Waals surface area (Å²) >= 11 is 15.3. The smallest absolute Gasteiger partial charge is 0.453 e. The number of hydrogen-bond acceptors (Lipinski definition) is 6. The standard InChI is InChI=1S/C24H17BrCl2FN3O5S.Na/c1-2-21(32)31-37(34,35)17-4-6-20(19(27)11-17)30-22(33)9-14-3-5-18(25)24(23(14)28)36-16-8-13(12-29)7-15(26)10-16;/h3-8,10-11H,2,9H2,1H3,(H,30,33)(H,31,32);/q;+1. The summed E-state index contributed by atoms with van der Waals surface area (Å²) in [4.78, 5) is 23.8. The zero-order valence-corrected chi connectivity index (χ0v) is 25.9. The summed E-state index contributed by atoms with van der Waals surface area (Å²) in [5, 5.41) is 11.7. The Bertz CT molecular complexity index is 1550. The Morgan fingerprint density at radius 3 is 2.45 bits per heavy atom. The second-order valence-electron chi connectivity index (χ2n) is 7.49. The Labute approximate surface area is 258 Å². The minimum Gasteiger partial charge on any atom is -0.453 e. The Morgan fingerprint density at radius 2 is 1.82 bits per heavy atom. The fourth-order valence-corrected chi connectivity index (χ4v) is 5.01. The number of benzene rings is 3. The van der Waals surface area contributed by atoms with Crippen LogP contribution in [-0.2, 0) is 26.0 Å². The van der Waals surface area contributed by atoms with Crippen molar-refractivity contribution in [3.05, 3.63) is 80.0 Å². The number of nitrogens with zero attached hydrogens (tertiary/aromatic N) is 1. The van der Waals surface area contributed by atoms with Crippen LogP contribution in [0, 0.1) is 17.1 Å². The summed E-state index contributed by atoms with van der Waals surface area (Å²) in [6, 6.07) is 12.5. The average molecular weight is 652 g/mol. The number of sulfonamides is 1. The van der Waals surface area contributed by atoms with E-state index in [1.807, 2.05) is 10.8 Å². The van der Waals surface area contributed by atoms with Crippen LogP contribution in [0.5, 0.6) is 11.5 Å². The summed E-state index contributed by atoms with van der Waals surface area (Å²) in [5.41, 5.74) is 0.304. The number of carbonyl (C=O) groups is 2. The maximum Gasteiger partial charge on any atom is 1.00 e. The maximum atomic E-state index is 15.2. The molecule has 38 heavy (non-hydrogen) atoms. The van der Waals surface area contributed by atoms with E-state index in [2.05, 4.69) is 21.2 Å². The third-order valence-corrected chi connectivity index (χ3v) is 7.32. The molecule has 0 aliphatic carbocycles. The van der Waals surface area contributed by atoms with E-state index in [1.54, 1.807) is 0 Å². The quantitative estimate of drug-likeness (QED) is 0.361. The van der Waals surface area contributed by atoms with Crippen molar-refractivity contribution in [1.29, 1.82) is 5.26 Å². The molecule has 3 aromatic carbocycles. The molecule has 3 rings (SSSR count). The van der Waals surface area contributed by atoms with Crippen LogP contribution in [0.15, 0.2) is 57.9 Å². The predicted octanol–water partition coefficient (Wildman–Crippen LogP) is 2.96. The van der Waals surface area contributed by atoms with Crippen LogP contribution in [0.4, 0.5) is 10.1 Å². The van der Waals surface area contributed by atoms with Crippen molar-refractivity contribution in [3.63, 3.8) is 0 Å². The van der Waals surface area contributed by atoms with Crippen molar-refractivity contribution in [2.45, 2.75) is 24.7 Å². The summed E-state index contributed by atoms with van der Waals surface area (Å²) in [6.45, 7) is 1.50. The molecule has 0 saturated carbocycles. The Kier molecular flexibility index (Phi) is 11.6. The Morgan fingerprint density at radius 1 is 1.11 bits per heavy atom. The molecule has 8 nitrogen and oxygen atoms in total. The molecule has 14 heteroatoms. The number of carbonyl (C=O) groups excluding carboxylic acids is 2. The minimum absolute atomic E-state index is 0. The van der Waals surface area contributed by atoms with E-state index in [-0.39, 0.29) is 83.7 Å². The third-order valence-electron chi connectivity index (χ3n) is 4.79. The van der Waals surface area contributed by atoms with Gasteiger partial charge in [0.05, 0.1) is 38.1 Å². The zero-order chi connectivity index (χ0) is 27.3. The van der Waals surface area contributed by atoms with Crippen LogP contribution in [0.1, 0.15) is 24.5 Å². The third kappa shape index (κ3) is 8.16. The van der Waals surface area contributed by atoms with E-state index >= 15 is 4.39 Å². The van der Waals surface area contributed by atoms with Gasteiger partial charge in [0, 0.05) is 17.0 Å². The van der Waals surface area contributed by atoms with Crippen molar-refractivity contribution in [2.24, 2.45) is 0 Å². The van der Waals surface area contributed by atoms with Gasteiger partial charge in [0.25, 0.3) is 10.0 Å². The van der Waals surface area contributed by atoms with Gasteiger partial charge in [-0.25, -0.2) is 17.5 Å². The van der Waals surface area contributed by atoms with E-state index in [4.69, 9.17) is 33.2 Å². The molecule has 0 heterocycles. The molecular formula is C24H17BrCl2FN3NaO5S+. The first-order chi connectivity index (χ1) is 17.4. The first kappa shape index (κ1) is 32.0. The average Bonchev–Trinajstić information content (AvgIpc) is 2.84. The molecule has 192 valence electrons. The molecule has 0 aliphatic heterocycles. The first-order valence-corrected chi connectivity index (χ1v) is 13.5. The van der Waals surface area contributed by atoms with Crippen LogP contribution < -0.4 is 44.3 Å². The van der Waals surface area contributed by atoms with E-state index < -0.39 is 34.1 Å². The summed E-state index contributed by atoms with van der Waals surface area (Å²) in [5.74, 6) is -2.23. The Hall–Kier alpha value is -2.17. The maximum absolute atomic E-state index is 15.2. The molecule has 2 amide bonds. The molecule has 3 aromatic rings. The SMILES string of the molecule is CCC(=O)NS(=O)(=O)c1ccc(NC(=O)Cc2ccc(Br)c(Oc3cc(Cl)cc(C#N)c3)c2F)c(Cl)c1.[Na+]. The minimum atomic E-state index is -4.13. The molecule has 0 spiro atoms. The molecule has 0 aromatic heterocycles. The largest absolute Gasteiger partial charge is 1.00 e. The number of nitrogens with one attached hydrogen (secondary N) is 2. The fraction of sp³-hybridized carbons (Fsp3) is 0.125. The topological polar surface area (TPSA) is 125 Å². The van der Waals surface area contributed by atoms with Gasteiger partial charge in [-0.3, -0.25) is 9.59 Å². The van der Waals surface area contributed by atoms with Crippen molar-refractivity contribution < 1.29 is 56.7 Å². The molecule has 0 atom stereocenters. The summed E-state index contributed by atoms with van der Waals surface area (Å²) in [6.07, 6.45) is -0.433. The molecule has 0 aliphatic rings. The van der Waals surface area contributed by atoms with Gasteiger partial charge in [-0.2, -0.15) is 5.26 Å². The number of hydrogen-bond donors (Lipinski definition) is 2. The van der Waals surface area contributed by atoms with Gasteiger partial charge in [0.15, 0.2) is 11.6 Å². The van der Waals surface area contributed by atoms with E-state index in [0.29, 0.717) is 0 Å². The van der Waals surface area contributed by atoms with Crippen molar-refractivity contribution >= 4 is 66.7 Å². The number of rotatable bonds is 8. The number of amides is 2. The first-order valence-electron chi connectivity index (χ1n) is 10.4. The fourth-order valence-electron chi connectivity index (χ4n) is 3.02. The number of nitriles is 1. The van der Waals surface area contributed by atoms with Crippen LogP contribution in [-0.4, -0.2) is 20.2 Å². The molecular weight excluding hydrogens is 635 g/mol. The van der Waals surface area contributed by atoms with Gasteiger partial charge in [-0.15, -0.1) is 0 Å². The molecule has 0 radical (unpaired) electrons. The number of ether oxygens (including phenoxy) is 1. The molecule has 0 bridgehead atoms. The van der Waals surface area contributed by atoms with Crippen molar-refractivity contribution in [3.8, 4) is 17.6 Å². The molecule has 0 saturated heterocycles. The van der Waals surface area contributed by atoms with Gasteiger partial charge in [0.1, 0.15) is 5.75 Å². The van der Waals surface area contributed by atoms with E-state index in [9.17, 15) is 18.0 Å². The van der Waals surface area contributed by atoms with Gasteiger partial charge in [-0.05, 0) is 58.4 Å². The van der Waals surface area contributed by atoms with Crippen LogP contribution >= 0.6 is 39.1 Å². The van der Waals surface area contributed by atoms with Gasteiger partial charge in [-0.1, -0.05) is 36.2 Å². The van der Waals surface area contributed by atoms with Crippen molar-refractivity contribution in [1.82, 2.24) is 4.72 Å². The monoisotopic (exact) mass is 650 g/mol. The number of halogens is 4. The summed E-state index contributed by atoms with van der Waals surface area (Å²) < 4.78 is 47.5. The second kappa shape index (κ2) is 13.8. The van der Waals surface area contributed by atoms with E-state index in [0.717, 1.165) is 6.07 Å².